The van der Waals surface area contributed by atoms with E-state index in [4.69, 9.17) is 6.42 Å². The number of nitrogens with one attached hydrogen (secondary N) is 1. The third-order valence-corrected chi connectivity index (χ3v) is 3.00. The molecule has 2 heteroatoms. The van der Waals surface area contributed by atoms with Crippen molar-refractivity contribution in [2.75, 3.05) is 18.1 Å². The van der Waals surface area contributed by atoms with Gasteiger partial charge < -0.3 is 5.32 Å². The van der Waals surface area contributed by atoms with Gasteiger partial charge in [0.05, 0.1) is 5.75 Å². The first-order chi connectivity index (χ1) is 6.85. The molecule has 0 aliphatic carbocycles. The van der Waals surface area contributed by atoms with Crippen molar-refractivity contribution in [1.82, 2.24) is 5.32 Å². The van der Waals surface area contributed by atoms with Gasteiger partial charge >= 0.3 is 0 Å². The van der Waals surface area contributed by atoms with Crippen LogP contribution in [0.15, 0.2) is 0 Å². The summed E-state index contributed by atoms with van der Waals surface area (Å²) in [5.74, 6) is 4.62. The molecule has 1 nitrogen and oxygen atoms in total. The van der Waals surface area contributed by atoms with E-state index >= 15 is 0 Å². The second kappa shape index (κ2) is 10.9. The van der Waals surface area contributed by atoms with Crippen LogP contribution < -0.4 is 5.32 Å². The second-order valence-electron chi connectivity index (χ2n) is 3.49. The zero-order chi connectivity index (χ0) is 10.6. The molecule has 0 spiro atoms. The van der Waals surface area contributed by atoms with Crippen molar-refractivity contribution in [2.24, 2.45) is 0 Å². The first-order valence-corrected chi connectivity index (χ1v) is 6.75. The van der Waals surface area contributed by atoms with Crippen LogP contribution >= 0.6 is 11.8 Å². The lowest BCUT2D eigenvalue weighted by Gasteiger charge is -2.16. The predicted molar refractivity (Wildman–Crippen MR) is 67.8 cm³/mol. The molecular weight excluding hydrogens is 190 g/mol. The monoisotopic (exact) mass is 213 g/mol. The van der Waals surface area contributed by atoms with Gasteiger partial charge in [-0.15, -0.1) is 18.2 Å². The Labute approximate surface area is 93.4 Å². The minimum absolute atomic E-state index is 0.719. The summed E-state index contributed by atoms with van der Waals surface area (Å²) < 4.78 is 0. The quantitative estimate of drug-likeness (QED) is 0.467. The number of rotatable bonds is 9. The van der Waals surface area contributed by atoms with Crippen molar-refractivity contribution < 1.29 is 0 Å². The summed E-state index contributed by atoms with van der Waals surface area (Å²) in [5.41, 5.74) is 0. The zero-order valence-electron chi connectivity index (χ0n) is 9.51. The highest BCUT2D eigenvalue weighted by Crippen LogP contribution is 2.04. The van der Waals surface area contributed by atoms with Crippen LogP contribution in [0, 0.1) is 12.3 Å². The highest BCUT2D eigenvalue weighted by atomic mass is 32.2. The molecule has 0 radical (unpaired) electrons. The van der Waals surface area contributed by atoms with Gasteiger partial charge in [0.1, 0.15) is 0 Å². The fourth-order valence-corrected chi connectivity index (χ4v) is 2.04. The molecule has 0 rings (SSSR count). The molecule has 0 aliphatic rings. The number of hydrogen-bond acceptors (Lipinski definition) is 2. The van der Waals surface area contributed by atoms with Crippen molar-refractivity contribution in [3.8, 4) is 12.3 Å². The van der Waals surface area contributed by atoms with E-state index in [1.807, 2.05) is 11.8 Å². The highest BCUT2D eigenvalue weighted by molar-refractivity contribution is 7.99. The Bertz CT molecular complexity index is 145. The smallest absolute Gasteiger partial charge is 0.0545 e. The number of thioether (sulfide) groups is 1. The van der Waals surface area contributed by atoms with Crippen LogP contribution in [0.4, 0.5) is 0 Å². The summed E-state index contributed by atoms with van der Waals surface area (Å²) in [6.45, 7) is 5.59. The first kappa shape index (κ1) is 13.9. The highest BCUT2D eigenvalue weighted by Gasteiger charge is 2.04. The summed E-state index contributed by atoms with van der Waals surface area (Å²) >= 11 is 1.83. The molecule has 0 aromatic rings. The first-order valence-electron chi connectivity index (χ1n) is 5.59. The molecule has 0 saturated heterocycles. The molecule has 0 heterocycles. The SMILES string of the molecule is C#CCSCCNC(CCC)CCC. The number of terminal acetylenes is 1. The fraction of sp³-hybridized carbons (Fsp3) is 0.833. The average Bonchev–Trinajstić information content (AvgIpc) is 2.18. The third-order valence-electron chi connectivity index (χ3n) is 2.14. The van der Waals surface area contributed by atoms with Crippen LogP contribution in [0.1, 0.15) is 39.5 Å². The Morgan fingerprint density at radius 1 is 1.29 bits per heavy atom. The van der Waals surface area contributed by atoms with Gasteiger partial charge in [-0.1, -0.05) is 32.6 Å². The molecule has 82 valence electrons. The molecule has 0 aromatic heterocycles. The van der Waals surface area contributed by atoms with Crippen LogP contribution in [0.25, 0.3) is 0 Å². The van der Waals surface area contributed by atoms with E-state index < -0.39 is 0 Å². The fourth-order valence-electron chi connectivity index (χ4n) is 1.51. The molecule has 14 heavy (non-hydrogen) atoms. The summed E-state index contributed by atoms with van der Waals surface area (Å²) in [4.78, 5) is 0. The van der Waals surface area contributed by atoms with Crippen molar-refractivity contribution in [2.45, 2.75) is 45.6 Å². The Balaban J connectivity index is 3.36. The molecule has 0 unspecified atom stereocenters. The Morgan fingerprint density at radius 3 is 2.43 bits per heavy atom. The molecule has 0 atom stereocenters. The molecule has 0 saturated carbocycles. The van der Waals surface area contributed by atoms with Crippen LogP contribution in [-0.4, -0.2) is 24.1 Å². The normalized spacial score (nSPS) is 10.4. The van der Waals surface area contributed by atoms with Crippen molar-refractivity contribution in [1.29, 1.82) is 0 Å². The van der Waals surface area contributed by atoms with E-state index in [2.05, 4.69) is 25.1 Å². The lowest BCUT2D eigenvalue weighted by atomic mass is 10.1. The summed E-state index contributed by atoms with van der Waals surface area (Å²) in [6, 6.07) is 0.719. The molecule has 0 aromatic carbocycles. The zero-order valence-corrected chi connectivity index (χ0v) is 10.3. The van der Waals surface area contributed by atoms with Gasteiger partial charge in [-0.3, -0.25) is 0 Å². The molecule has 0 fully saturated rings. The van der Waals surface area contributed by atoms with E-state index in [0.29, 0.717) is 0 Å². The van der Waals surface area contributed by atoms with Gasteiger partial charge in [0.2, 0.25) is 0 Å². The van der Waals surface area contributed by atoms with Crippen molar-refractivity contribution in [3.63, 3.8) is 0 Å². The predicted octanol–water partition coefficient (Wildman–Crippen LogP) is 2.91. The minimum Gasteiger partial charge on any atom is -0.313 e. The van der Waals surface area contributed by atoms with Gasteiger partial charge in [-0.25, -0.2) is 0 Å². The number of hydrogen-bond donors (Lipinski definition) is 1. The maximum Gasteiger partial charge on any atom is 0.0545 e. The molecule has 1 N–H and O–H groups in total. The van der Waals surface area contributed by atoms with Crippen LogP contribution in [-0.2, 0) is 0 Å². The van der Waals surface area contributed by atoms with Gasteiger partial charge in [0, 0.05) is 18.3 Å². The van der Waals surface area contributed by atoms with Gasteiger partial charge in [-0.2, -0.15) is 0 Å². The van der Waals surface area contributed by atoms with E-state index in [1.54, 1.807) is 0 Å². The lowest BCUT2D eigenvalue weighted by Crippen LogP contribution is -2.30. The lowest BCUT2D eigenvalue weighted by molar-refractivity contribution is 0.457. The van der Waals surface area contributed by atoms with E-state index in [0.717, 1.165) is 24.1 Å². The molecule has 0 bridgehead atoms. The van der Waals surface area contributed by atoms with Crippen LogP contribution in [0.3, 0.4) is 0 Å². The Morgan fingerprint density at radius 2 is 1.93 bits per heavy atom. The molecular formula is C12H23NS. The molecule has 0 amide bonds. The maximum atomic E-state index is 5.17. The Hall–Kier alpha value is -0.130. The van der Waals surface area contributed by atoms with E-state index in [1.165, 1.54) is 25.7 Å². The van der Waals surface area contributed by atoms with Crippen LogP contribution in [0.5, 0.6) is 0 Å². The largest absolute Gasteiger partial charge is 0.313 e. The second-order valence-corrected chi connectivity index (χ2v) is 4.59. The van der Waals surface area contributed by atoms with Crippen LogP contribution in [0.2, 0.25) is 0 Å². The summed E-state index contributed by atoms with van der Waals surface area (Å²) in [5, 5.41) is 3.59. The Kier molecular flexibility index (Phi) is 10.8. The standard InChI is InChI=1S/C12H23NS/c1-4-7-12(8-5-2)13-9-11-14-10-6-3/h3,12-13H,4-5,7-11H2,1-2H3. The van der Waals surface area contributed by atoms with E-state index in [9.17, 15) is 0 Å². The van der Waals surface area contributed by atoms with Crippen molar-refractivity contribution in [3.05, 3.63) is 0 Å². The summed E-state index contributed by atoms with van der Waals surface area (Å²) in [7, 11) is 0. The third kappa shape index (κ3) is 8.47. The topological polar surface area (TPSA) is 12.0 Å². The van der Waals surface area contributed by atoms with Crippen molar-refractivity contribution >= 4 is 11.8 Å². The average molecular weight is 213 g/mol. The van der Waals surface area contributed by atoms with Gasteiger partial charge in [0.25, 0.3) is 0 Å². The minimum atomic E-state index is 0.719. The summed E-state index contributed by atoms with van der Waals surface area (Å²) in [6.07, 6.45) is 10.3. The van der Waals surface area contributed by atoms with Gasteiger partial charge in [-0.05, 0) is 12.8 Å². The van der Waals surface area contributed by atoms with E-state index in [-0.39, 0.29) is 0 Å². The van der Waals surface area contributed by atoms with Gasteiger partial charge in [0.15, 0.2) is 0 Å². The maximum absolute atomic E-state index is 5.17. The molecule has 0 aliphatic heterocycles.